The molecule has 0 radical (unpaired) electrons. The lowest BCUT2D eigenvalue weighted by atomic mass is 9.95. The van der Waals surface area contributed by atoms with E-state index in [0.29, 0.717) is 22.4 Å². The molecule has 1 amide bonds. The van der Waals surface area contributed by atoms with E-state index in [2.05, 4.69) is 41.6 Å². The summed E-state index contributed by atoms with van der Waals surface area (Å²) in [6.07, 6.45) is 1.56. The molecule has 2 heterocycles. The van der Waals surface area contributed by atoms with Crippen molar-refractivity contribution >= 4 is 21.8 Å². The minimum Gasteiger partial charge on any atom is -0.350 e. The van der Waals surface area contributed by atoms with Crippen molar-refractivity contribution in [3.8, 4) is 22.4 Å². The van der Waals surface area contributed by atoms with Crippen molar-refractivity contribution in [2.45, 2.75) is 6.54 Å². The smallest absolute Gasteiger partial charge is 0.277 e. The van der Waals surface area contributed by atoms with Gasteiger partial charge < -0.3 is 5.32 Å². The molecule has 2 aromatic heterocycles. The lowest BCUT2D eigenvalue weighted by molar-refractivity contribution is 0.0950. The molecule has 0 saturated heterocycles. The number of nitrogens with one attached hydrogen (secondary N) is 2. The number of aromatic nitrogens is 5. The van der Waals surface area contributed by atoms with Crippen LogP contribution in [0.15, 0.2) is 76.3 Å². The average molecular weight is 465 g/mol. The van der Waals surface area contributed by atoms with Crippen LogP contribution in [0.3, 0.4) is 0 Å². The van der Waals surface area contributed by atoms with Crippen molar-refractivity contribution in [3.63, 3.8) is 0 Å². The summed E-state index contributed by atoms with van der Waals surface area (Å²) in [5, 5.41) is 17.7. The van der Waals surface area contributed by atoms with Gasteiger partial charge in [-0.3, -0.25) is 9.59 Å². The second-order valence-corrected chi connectivity index (χ2v) is 7.21. The quantitative estimate of drug-likeness (QED) is 0.456. The first-order chi connectivity index (χ1) is 14.6. The minimum absolute atomic E-state index is 0.0182. The summed E-state index contributed by atoms with van der Waals surface area (Å²) in [4.78, 5) is 27.1. The van der Waals surface area contributed by atoms with E-state index in [9.17, 15) is 9.59 Å². The number of halogens is 1. The minimum atomic E-state index is -0.550. The number of aromatic amines is 1. The van der Waals surface area contributed by atoms with E-state index in [0.717, 1.165) is 11.1 Å². The van der Waals surface area contributed by atoms with Gasteiger partial charge >= 0.3 is 0 Å². The molecule has 2 aromatic carbocycles. The van der Waals surface area contributed by atoms with Gasteiger partial charge in [0.1, 0.15) is 10.2 Å². The van der Waals surface area contributed by atoms with Crippen molar-refractivity contribution in [1.29, 1.82) is 0 Å². The molecule has 0 spiro atoms. The molecule has 0 saturated carbocycles. The fraction of sp³-hybridized carbons (Fsp3) is 0.0952. The van der Waals surface area contributed by atoms with E-state index in [-0.39, 0.29) is 12.1 Å². The van der Waals surface area contributed by atoms with E-state index in [1.54, 1.807) is 6.20 Å². The number of amides is 1. The van der Waals surface area contributed by atoms with Crippen LogP contribution in [-0.4, -0.2) is 37.6 Å². The number of nitrogens with zero attached hydrogens (tertiary/aromatic N) is 4. The molecule has 0 aliphatic rings. The Hall–Kier alpha value is -3.59. The molecular weight excluding hydrogens is 448 g/mol. The molecule has 4 rings (SSSR count). The SMILES string of the molecule is O=C(NCCn1ncc(Br)n1)c1c(-c2ccccc2)c(-c2ccccc2)n[nH]c1=O. The highest BCUT2D eigenvalue weighted by molar-refractivity contribution is 9.10. The van der Waals surface area contributed by atoms with Gasteiger partial charge in [-0.1, -0.05) is 60.7 Å². The van der Waals surface area contributed by atoms with Crippen molar-refractivity contribution in [2.75, 3.05) is 6.54 Å². The predicted molar refractivity (Wildman–Crippen MR) is 116 cm³/mol. The number of H-pyrrole nitrogens is 1. The van der Waals surface area contributed by atoms with E-state index in [4.69, 9.17) is 0 Å². The van der Waals surface area contributed by atoms with Crippen molar-refractivity contribution < 1.29 is 4.79 Å². The van der Waals surface area contributed by atoms with Crippen LogP contribution >= 0.6 is 15.9 Å². The highest BCUT2D eigenvalue weighted by Crippen LogP contribution is 2.31. The van der Waals surface area contributed by atoms with Crippen LogP contribution in [0.5, 0.6) is 0 Å². The lowest BCUT2D eigenvalue weighted by Crippen LogP contribution is -2.33. The van der Waals surface area contributed by atoms with E-state index in [1.807, 2.05) is 60.7 Å². The van der Waals surface area contributed by atoms with Crippen LogP contribution in [0.1, 0.15) is 10.4 Å². The van der Waals surface area contributed by atoms with Crippen molar-refractivity contribution in [1.82, 2.24) is 30.5 Å². The Morgan fingerprint density at radius 2 is 1.70 bits per heavy atom. The standard InChI is InChI=1S/C21H17BrN6O2/c22-16-13-24-28(27-16)12-11-23-20(29)18-17(14-7-3-1-4-8-14)19(25-26-21(18)30)15-9-5-2-6-10-15/h1-10,13H,11-12H2,(H,23,29)(H,26,30). The van der Waals surface area contributed by atoms with Crippen molar-refractivity contribution in [3.05, 3.63) is 87.4 Å². The molecule has 30 heavy (non-hydrogen) atoms. The van der Waals surface area contributed by atoms with Gasteiger partial charge in [0.2, 0.25) is 0 Å². The molecule has 0 bridgehead atoms. The number of carbonyl (C=O) groups is 1. The molecule has 9 heteroatoms. The number of rotatable bonds is 6. The maximum absolute atomic E-state index is 13.0. The largest absolute Gasteiger partial charge is 0.350 e. The molecule has 8 nitrogen and oxygen atoms in total. The second kappa shape index (κ2) is 8.83. The summed E-state index contributed by atoms with van der Waals surface area (Å²) in [5.41, 5.74) is 2.02. The first-order valence-electron chi connectivity index (χ1n) is 9.21. The lowest BCUT2D eigenvalue weighted by Gasteiger charge is -2.13. The highest BCUT2D eigenvalue weighted by Gasteiger charge is 2.22. The molecule has 0 aliphatic heterocycles. The summed E-state index contributed by atoms with van der Waals surface area (Å²) >= 11 is 3.23. The Kier molecular flexibility index (Phi) is 5.80. The summed E-state index contributed by atoms with van der Waals surface area (Å²) in [6.45, 7) is 0.628. The van der Waals surface area contributed by atoms with Gasteiger partial charge in [0, 0.05) is 17.7 Å². The first-order valence-corrected chi connectivity index (χ1v) is 10.00. The van der Waals surface area contributed by atoms with Gasteiger partial charge in [-0.2, -0.15) is 15.0 Å². The zero-order chi connectivity index (χ0) is 20.9. The average Bonchev–Trinajstić information content (AvgIpc) is 3.19. The Labute approximate surface area is 180 Å². The third kappa shape index (κ3) is 4.20. The molecule has 2 N–H and O–H groups in total. The van der Waals surface area contributed by atoms with E-state index >= 15 is 0 Å². The Morgan fingerprint density at radius 1 is 1.03 bits per heavy atom. The maximum Gasteiger partial charge on any atom is 0.277 e. The number of benzene rings is 2. The molecule has 0 aliphatic carbocycles. The number of hydrogen-bond donors (Lipinski definition) is 2. The van der Waals surface area contributed by atoms with Crippen LogP contribution in [0.2, 0.25) is 0 Å². The Morgan fingerprint density at radius 3 is 2.33 bits per heavy atom. The Balaban J connectivity index is 1.72. The second-order valence-electron chi connectivity index (χ2n) is 6.40. The van der Waals surface area contributed by atoms with Crippen LogP contribution in [0.25, 0.3) is 22.4 Å². The summed E-state index contributed by atoms with van der Waals surface area (Å²) < 4.78 is 0.610. The van der Waals surface area contributed by atoms with Gasteiger partial charge in [-0.25, -0.2) is 5.10 Å². The third-order valence-electron chi connectivity index (χ3n) is 4.43. The van der Waals surface area contributed by atoms with Gasteiger partial charge in [-0.15, -0.1) is 5.10 Å². The predicted octanol–water partition coefficient (Wildman–Crippen LogP) is 2.89. The molecule has 0 unspecified atom stereocenters. The van der Waals surface area contributed by atoms with Crippen molar-refractivity contribution in [2.24, 2.45) is 0 Å². The fourth-order valence-corrected chi connectivity index (χ4v) is 3.37. The normalized spacial score (nSPS) is 10.7. The molecule has 150 valence electrons. The summed E-state index contributed by atoms with van der Waals surface area (Å²) in [7, 11) is 0. The Bertz CT molecular complexity index is 1220. The monoisotopic (exact) mass is 464 g/mol. The van der Waals surface area contributed by atoms with Crippen LogP contribution < -0.4 is 10.9 Å². The zero-order valence-electron chi connectivity index (χ0n) is 15.7. The fourth-order valence-electron chi connectivity index (χ4n) is 3.10. The molecule has 0 atom stereocenters. The first kappa shape index (κ1) is 19.7. The van der Waals surface area contributed by atoms with E-state index < -0.39 is 11.5 Å². The summed E-state index contributed by atoms with van der Waals surface area (Å²) in [5.74, 6) is -0.485. The van der Waals surface area contributed by atoms with Gasteiger partial charge in [0.05, 0.1) is 18.4 Å². The zero-order valence-corrected chi connectivity index (χ0v) is 17.3. The summed E-state index contributed by atoms with van der Waals surface area (Å²) in [6, 6.07) is 18.7. The van der Waals surface area contributed by atoms with Crippen LogP contribution in [-0.2, 0) is 6.54 Å². The number of hydrogen-bond acceptors (Lipinski definition) is 5. The number of carbonyl (C=O) groups excluding carboxylic acids is 1. The van der Waals surface area contributed by atoms with Crippen LogP contribution in [0, 0.1) is 0 Å². The highest BCUT2D eigenvalue weighted by atomic mass is 79.9. The van der Waals surface area contributed by atoms with E-state index in [1.165, 1.54) is 4.80 Å². The maximum atomic E-state index is 13.0. The van der Waals surface area contributed by atoms with Gasteiger partial charge in [0.25, 0.3) is 11.5 Å². The molecule has 0 fully saturated rings. The van der Waals surface area contributed by atoms with Gasteiger partial charge in [0.15, 0.2) is 0 Å². The van der Waals surface area contributed by atoms with Crippen LogP contribution in [0.4, 0.5) is 0 Å². The molecule has 4 aromatic rings. The molecular formula is C21H17BrN6O2. The third-order valence-corrected chi connectivity index (χ3v) is 4.79. The topological polar surface area (TPSA) is 106 Å². The van der Waals surface area contributed by atoms with Gasteiger partial charge in [-0.05, 0) is 21.5 Å².